The van der Waals surface area contributed by atoms with Gasteiger partial charge in [-0.1, -0.05) is 5.10 Å². The number of nitro groups is 1. The van der Waals surface area contributed by atoms with Gasteiger partial charge in [0.25, 0.3) is 0 Å². The molecular formula is C28H30B2N8O5. The Bertz CT molecular complexity index is 1610. The molecule has 1 saturated heterocycles. The predicted molar refractivity (Wildman–Crippen MR) is 158 cm³/mol. The molecular weight excluding hydrogens is 550 g/mol. The van der Waals surface area contributed by atoms with Crippen LogP contribution in [0.2, 0.25) is 0 Å². The second-order valence-electron chi connectivity index (χ2n) is 11.4. The van der Waals surface area contributed by atoms with Gasteiger partial charge in [0.2, 0.25) is 5.88 Å². The van der Waals surface area contributed by atoms with Crippen molar-refractivity contribution in [3.8, 4) is 11.6 Å². The summed E-state index contributed by atoms with van der Waals surface area (Å²) >= 11 is 0. The van der Waals surface area contributed by atoms with Crippen molar-refractivity contribution in [2.45, 2.75) is 62.1 Å². The summed E-state index contributed by atoms with van der Waals surface area (Å²) in [6, 6.07) is 3.99. The molecule has 218 valence electrons. The molecule has 1 aliphatic heterocycles. The number of pyridine rings is 2. The van der Waals surface area contributed by atoms with Gasteiger partial charge in [0.1, 0.15) is 39.4 Å². The fraction of sp³-hybridized carbons (Fsp3) is 0.500. The van der Waals surface area contributed by atoms with Crippen molar-refractivity contribution in [3.05, 3.63) is 58.9 Å². The summed E-state index contributed by atoms with van der Waals surface area (Å²) in [7, 11) is 12.7. The van der Waals surface area contributed by atoms with E-state index in [0.29, 0.717) is 49.1 Å². The van der Waals surface area contributed by atoms with Crippen LogP contribution in [0.1, 0.15) is 56.2 Å². The third kappa shape index (κ3) is 5.65. The first kappa shape index (κ1) is 27.7. The Labute approximate surface area is 250 Å². The lowest BCUT2D eigenvalue weighted by atomic mass is 9.61. The number of rotatable bonds is 9. The Kier molecular flexibility index (Phi) is 7.20. The SMILES string of the molecule is [B]C([B])(Oc1cnc2cc(N3CCOCC3)nc(OC3CCC(n4ccnc4)CC3)c2c1)c1cnn(C2CC2)c1[N+](=O)[O-]. The molecule has 15 heteroatoms. The predicted octanol–water partition coefficient (Wildman–Crippen LogP) is 3.19. The van der Waals surface area contributed by atoms with Crippen LogP contribution < -0.4 is 14.4 Å². The minimum absolute atomic E-state index is 0.0172. The highest BCUT2D eigenvalue weighted by atomic mass is 16.6. The highest BCUT2D eigenvalue weighted by molar-refractivity contribution is 6.39. The van der Waals surface area contributed by atoms with Crippen LogP contribution in [0.4, 0.5) is 11.6 Å². The van der Waals surface area contributed by atoms with Crippen molar-refractivity contribution < 1.29 is 19.1 Å². The molecule has 0 atom stereocenters. The third-order valence-corrected chi connectivity index (χ3v) is 8.35. The molecule has 5 heterocycles. The molecule has 0 aromatic carbocycles. The fourth-order valence-electron chi connectivity index (χ4n) is 5.92. The normalized spacial score (nSPS) is 21.2. The molecule has 4 radical (unpaired) electrons. The van der Waals surface area contributed by atoms with Gasteiger partial charge in [0, 0.05) is 37.6 Å². The van der Waals surface area contributed by atoms with E-state index < -0.39 is 10.3 Å². The van der Waals surface area contributed by atoms with E-state index >= 15 is 0 Å². The second-order valence-corrected chi connectivity index (χ2v) is 11.4. The molecule has 0 N–H and O–H groups in total. The molecule has 43 heavy (non-hydrogen) atoms. The first-order valence-electron chi connectivity index (χ1n) is 14.6. The average Bonchev–Trinajstić information content (AvgIpc) is 3.49. The zero-order chi connectivity index (χ0) is 29.6. The second kappa shape index (κ2) is 11.2. The molecule has 3 fully saturated rings. The maximum Gasteiger partial charge on any atom is 0.350 e. The molecule has 2 aliphatic carbocycles. The van der Waals surface area contributed by atoms with E-state index in [1.807, 2.05) is 18.6 Å². The smallest absolute Gasteiger partial charge is 0.350 e. The lowest BCUT2D eigenvalue weighted by Crippen LogP contribution is -2.37. The molecule has 0 unspecified atom stereocenters. The van der Waals surface area contributed by atoms with Gasteiger partial charge in [-0.15, -0.1) is 4.68 Å². The molecule has 0 amide bonds. The summed E-state index contributed by atoms with van der Waals surface area (Å²) in [5, 5.41) is 14.7. The highest BCUT2D eigenvalue weighted by Gasteiger charge is 2.40. The van der Waals surface area contributed by atoms with Crippen LogP contribution in [0.25, 0.3) is 10.9 Å². The van der Waals surface area contributed by atoms with Crippen LogP contribution >= 0.6 is 0 Å². The molecule has 4 aromatic heterocycles. The summed E-state index contributed by atoms with van der Waals surface area (Å²) in [4.78, 5) is 27.3. The number of aromatic nitrogens is 6. The summed E-state index contributed by atoms with van der Waals surface area (Å²) in [6.07, 6.45) is 13.7. The van der Waals surface area contributed by atoms with E-state index in [1.165, 1.54) is 17.1 Å². The molecule has 2 saturated carbocycles. The monoisotopic (exact) mass is 580 g/mol. The van der Waals surface area contributed by atoms with E-state index in [9.17, 15) is 10.1 Å². The van der Waals surface area contributed by atoms with Gasteiger partial charge in [-0.25, -0.2) is 4.98 Å². The Morgan fingerprint density at radius 3 is 2.51 bits per heavy atom. The van der Waals surface area contributed by atoms with E-state index in [-0.39, 0.29) is 29.3 Å². The molecule has 4 aromatic rings. The van der Waals surface area contributed by atoms with Gasteiger partial charge < -0.3 is 33.8 Å². The molecule has 0 spiro atoms. The van der Waals surface area contributed by atoms with E-state index in [4.69, 9.17) is 34.9 Å². The van der Waals surface area contributed by atoms with Gasteiger partial charge >= 0.3 is 5.82 Å². The topological polar surface area (TPSA) is 135 Å². The van der Waals surface area contributed by atoms with Gasteiger partial charge in [0.05, 0.1) is 53.8 Å². The summed E-state index contributed by atoms with van der Waals surface area (Å²) in [6.45, 7) is 2.66. The first-order valence-corrected chi connectivity index (χ1v) is 14.6. The molecule has 0 bridgehead atoms. The third-order valence-electron chi connectivity index (χ3n) is 8.35. The van der Waals surface area contributed by atoms with Crippen molar-refractivity contribution in [2.24, 2.45) is 0 Å². The van der Waals surface area contributed by atoms with Crippen molar-refractivity contribution in [2.75, 3.05) is 31.2 Å². The number of hydrogen-bond acceptors (Lipinski definition) is 10. The Morgan fingerprint density at radius 1 is 1.05 bits per heavy atom. The highest BCUT2D eigenvalue weighted by Crippen LogP contribution is 2.41. The van der Waals surface area contributed by atoms with E-state index in [0.717, 1.165) is 44.3 Å². The van der Waals surface area contributed by atoms with Gasteiger partial charge in [0.15, 0.2) is 0 Å². The van der Waals surface area contributed by atoms with Gasteiger partial charge in [-0.3, -0.25) is 4.98 Å². The average molecular weight is 580 g/mol. The molecule has 7 rings (SSSR count). The van der Waals surface area contributed by atoms with Gasteiger partial charge in [-0.05, 0) is 49.5 Å². The number of ether oxygens (including phenoxy) is 3. The zero-order valence-corrected chi connectivity index (χ0v) is 23.6. The Hall–Kier alpha value is -4.13. The van der Waals surface area contributed by atoms with Crippen LogP contribution in [-0.4, -0.2) is 82.3 Å². The summed E-state index contributed by atoms with van der Waals surface area (Å²) in [5.41, 5.74) is 0.648. The lowest BCUT2D eigenvalue weighted by Gasteiger charge is -2.31. The van der Waals surface area contributed by atoms with Crippen molar-refractivity contribution >= 4 is 38.2 Å². The quantitative estimate of drug-likeness (QED) is 0.165. The number of hydrogen-bond donors (Lipinski definition) is 0. The molecule has 13 nitrogen and oxygen atoms in total. The summed E-state index contributed by atoms with van der Waals surface area (Å²) < 4.78 is 21.6. The first-order chi connectivity index (χ1) is 20.9. The number of anilines is 1. The fourth-order valence-corrected chi connectivity index (χ4v) is 5.92. The van der Waals surface area contributed by atoms with Crippen molar-refractivity contribution in [1.29, 1.82) is 0 Å². The van der Waals surface area contributed by atoms with E-state index in [1.54, 1.807) is 12.3 Å². The van der Waals surface area contributed by atoms with Crippen LogP contribution in [-0.2, 0) is 10.1 Å². The Balaban J connectivity index is 1.18. The maximum absolute atomic E-state index is 11.9. The number of morpholine rings is 1. The Morgan fingerprint density at radius 2 is 1.81 bits per heavy atom. The van der Waals surface area contributed by atoms with Crippen molar-refractivity contribution in [1.82, 2.24) is 29.3 Å². The van der Waals surface area contributed by atoms with Gasteiger partial charge in [-0.2, -0.15) is 4.98 Å². The van der Waals surface area contributed by atoms with E-state index in [2.05, 4.69) is 24.5 Å². The standard InChI is InChI=1S/C28H30B2N8O5/c29-28(30,23-16-33-37(19-1-2-19)27(23)38(39)40)43-21-13-22-24(32-15-21)14-25(35-9-11-41-12-10-35)34-26(22)42-20-5-3-18(4-6-20)36-8-7-31-17-36/h7-8,13-20H,1-6,9-12H2. The lowest BCUT2D eigenvalue weighted by molar-refractivity contribution is -0.393. The largest absolute Gasteiger partial charge is 0.501 e. The number of nitrogens with zero attached hydrogens (tertiary/aromatic N) is 8. The summed E-state index contributed by atoms with van der Waals surface area (Å²) in [5.74, 6) is 1.15. The number of imidazole rings is 1. The van der Waals surface area contributed by atoms with Crippen LogP contribution in [0.15, 0.2) is 43.2 Å². The van der Waals surface area contributed by atoms with Crippen molar-refractivity contribution in [3.63, 3.8) is 0 Å². The maximum atomic E-state index is 11.9. The molecule has 3 aliphatic rings. The minimum atomic E-state index is -2.03. The number of fused-ring (bicyclic) bond motifs is 1. The zero-order valence-electron chi connectivity index (χ0n) is 23.6. The van der Waals surface area contributed by atoms with Crippen LogP contribution in [0.5, 0.6) is 11.6 Å². The van der Waals surface area contributed by atoms with Crippen LogP contribution in [0.3, 0.4) is 0 Å². The van der Waals surface area contributed by atoms with Crippen LogP contribution in [0, 0.1) is 10.1 Å². The minimum Gasteiger partial charge on any atom is -0.501 e.